The van der Waals surface area contributed by atoms with Gasteiger partial charge in [-0.3, -0.25) is 0 Å². The van der Waals surface area contributed by atoms with Crippen LogP contribution in [0.25, 0.3) is 0 Å². The van der Waals surface area contributed by atoms with Crippen LogP contribution in [0.1, 0.15) is 25.7 Å². The van der Waals surface area contributed by atoms with Crippen LogP contribution in [0.2, 0.25) is 10.0 Å². The van der Waals surface area contributed by atoms with Crippen LogP contribution in [0, 0.1) is 5.82 Å². The minimum Gasteiger partial charge on any atom is -0.380 e. The average Bonchev–Trinajstić information content (AvgIpc) is 2.36. The second-order valence-electron chi connectivity index (χ2n) is 4.56. The maximum atomic E-state index is 13.3. The molecule has 0 radical (unpaired) electrons. The Bertz CT molecular complexity index is 404. The van der Waals surface area contributed by atoms with Gasteiger partial charge in [-0.25, -0.2) is 4.39 Å². The van der Waals surface area contributed by atoms with E-state index in [1.807, 2.05) is 0 Å². The molecule has 0 saturated heterocycles. The van der Waals surface area contributed by atoms with Crippen LogP contribution in [0.3, 0.4) is 0 Å². The molecule has 1 aliphatic carbocycles. The smallest absolute Gasteiger partial charge is 0.160 e. The lowest BCUT2D eigenvalue weighted by atomic mass is 9.92. The molecule has 2 atom stereocenters. The molecule has 5 heteroatoms. The first-order chi connectivity index (χ1) is 8.61. The number of hydrogen-bond acceptors (Lipinski definition) is 2. The Morgan fingerprint density at radius 1 is 1.22 bits per heavy atom. The van der Waals surface area contributed by atoms with Gasteiger partial charge in [-0.15, -0.1) is 0 Å². The molecule has 0 heterocycles. The fourth-order valence-corrected chi connectivity index (χ4v) is 2.88. The number of anilines is 1. The van der Waals surface area contributed by atoms with Gasteiger partial charge in [0.15, 0.2) is 5.82 Å². The molecule has 100 valence electrons. The first-order valence-corrected chi connectivity index (χ1v) is 6.81. The van der Waals surface area contributed by atoms with Crippen molar-refractivity contribution in [3.8, 4) is 0 Å². The summed E-state index contributed by atoms with van der Waals surface area (Å²) < 4.78 is 18.8. The second kappa shape index (κ2) is 6.09. The molecule has 0 spiro atoms. The second-order valence-corrected chi connectivity index (χ2v) is 5.38. The van der Waals surface area contributed by atoms with Gasteiger partial charge in [0.25, 0.3) is 0 Å². The molecule has 1 aromatic carbocycles. The lowest BCUT2D eigenvalue weighted by Crippen LogP contribution is -2.37. The molecule has 1 aromatic rings. The summed E-state index contributed by atoms with van der Waals surface area (Å²) >= 11 is 11.6. The molecule has 1 N–H and O–H groups in total. The summed E-state index contributed by atoms with van der Waals surface area (Å²) in [4.78, 5) is 0. The molecule has 0 aliphatic heterocycles. The predicted molar refractivity (Wildman–Crippen MR) is 73.1 cm³/mol. The van der Waals surface area contributed by atoms with Gasteiger partial charge >= 0.3 is 0 Å². The molecule has 1 fully saturated rings. The topological polar surface area (TPSA) is 21.3 Å². The first kappa shape index (κ1) is 13.9. The van der Waals surface area contributed by atoms with E-state index in [1.165, 1.54) is 12.8 Å². The van der Waals surface area contributed by atoms with Gasteiger partial charge in [0.1, 0.15) is 0 Å². The molecule has 2 unspecified atom stereocenters. The van der Waals surface area contributed by atoms with Crippen molar-refractivity contribution in [3.05, 3.63) is 28.0 Å². The van der Waals surface area contributed by atoms with E-state index in [2.05, 4.69) is 5.32 Å². The highest BCUT2D eigenvalue weighted by Gasteiger charge is 2.25. The SMILES string of the molecule is COC1CCCCC1Nc1cc(Cl)c(F)c(Cl)c1. The highest BCUT2D eigenvalue weighted by atomic mass is 35.5. The molecular weight excluding hydrogens is 276 g/mol. The fourth-order valence-electron chi connectivity index (χ4n) is 2.40. The Balaban J connectivity index is 2.13. The quantitative estimate of drug-likeness (QED) is 0.828. The average molecular weight is 292 g/mol. The van der Waals surface area contributed by atoms with Crippen LogP contribution in [0.5, 0.6) is 0 Å². The van der Waals surface area contributed by atoms with Crippen molar-refractivity contribution in [1.82, 2.24) is 0 Å². The molecule has 1 saturated carbocycles. The number of ether oxygens (including phenoxy) is 1. The Kier molecular flexibility index (Phi) is 4.71. The lowest BCUT2D eigenvalue weighted by Gasteiger charge is -2.31. The molecule has 2 rings (SSSR count). The summed E-state index contributed by atoms with van der Waals surface area (Å²) in [5, 5.41) is 3.40. The van der Waals surface area contributed by atoms with Gasteiger partial charge in [-0.1, -0.05) is 36.0 Å². The molecule has 0 aromatic heterocycles. The van der Waals surface area contributed by atoms with E-state index in [9.17, 15) is 4.39 Å². The van der Waals surface area contributed by atoms with E-state index in [0.717, 1.165) is 18.5 Å². The molecule has 0 amide bonds. The Morgan fingerprint density at radius 2 is 1.83 bits per heavy atom. The van der Waals surface area contributed by atoms with E-state index in [1.54, 1.807) is 19.2 Å². The van der Waals surface area contributed by atoms with Gasteiger partial charge < -0.3 is 10.1 Å². The van der Waals surface area contributed by atoms with E-state index in [0.29, 0.717) is 0 Å². The summed E-state index contributed by atoms with van der Waals surface area (Å²) in [7, 11) is 1.72. The Hall–Kier alpha value is -0.510. The number of rotatable bonds is 3. The Labute approximate surface area is 116 Å². The van der Waals surface area contributed by atoms with Crippen molar-refractivity contribution in [2.24, 2.45) is 0 Å². The largest absolute Gasteiger partial charge is 0.380 e. The number of benzene rings is 1. The fraction of sp³-hybridized carbons (Fsp3) is 0.538. The van der Waals surface area contributed by atoms with E-state index < -0.39 is 5.82 Å². The van der Waals surface area contributed by atoms with Gasteiger partial charge in [0, 0.05) is 12.8 Å². The number of methoxy groups -OCH3 is 1. The summed E-state index contributed by atoms with van der Waals surface area (Å²) in [6.07, 6.45) is 4.60. The van der Waals surface area contributed by atoms with E-state index in [-0.39, 0.29) is 22.2 Å². The molecule has 2 nitrogen and oxygen atoms in total. The van der Waals surface area contributed by atoms with Gasteiger partial charge in [-0.05, 0) is 25.0 Å². The first-order valence-electron chi connectivity index (χ1n) is 6.05. The third kappa shape index (κ3) is 3.08. The van der Waals surface area contributed by atoms with Crippen LogP contribution in [0.15, 0.2) is 12.1 Å². The summed E-state index contributed by atoms with van der Waals surface area (Å²) in [6.45, 7) is 0. The minimum atomic E-state index is -0.573. The van der Waals surface area contributed by atoms with Crippen molar-refractivity contribution in [1.29, 1.82) is 0 Å². The summed E-state index contributed by atoms with van der Waals surface area (Å²) in [6, 6.07) is 3.34. The lowest BCUT2D eigenvalue weighted by molar-refractivity contribution is 0.0606. The highest BCUT2D eigenvalue weighted by molar-refractivity contribution is 6.35. The number of hydrogen-bond donors (Lipinski definition) is 1. The molecule has 1 aliphatic rings. The monoisotopic (exact) mass is 291 g/mol. The normalized spacial score (nSPS) is 24.0. The third-order valence-electron chi connectivity index (χ3n) is 3.34. The summed E-state index contributed by atoms with van der Waals surface area (Å²) in [5.74, 6) is -0.573. The third-order valence-corrected chi connectivity index (χ3v) is 3.89. The van der Waals surface area contributed by atoms with Crippen LogP contribution >= 0.6 is 23.2 Å². The zero-order valence-electron chi connectivity index (χ0n) is 10.2. The predicted octanol–water partition coefficient (Wildman–Crippen LogP) is 4.50. The van der Waals surface area contributed by atoms with Crippen LogP contribution in [-0.2, 0) is 4.74 Å². The van der Waals surface area contributed by atoms with E-state index in [4.69, 9.17) is 27.9 Å². The number of nitrogens with one attached hydrogen (secondary N) is 1. The molecular formula is C13H16Cl2FNO. The number of halogens is 3. The summed E-state index contributed by atoms with van der Waals surface area (Å²) in [5.41, 5.74) is 0.736. The Morgan fingerprint density at radius 3 is 2.44 bits per heavy atom. The maximum Gasteiger partial charge on any atom is 0.160 e. The van der Waals surface area contributed by atoms with Gasteiger partial charge in [-0.2, -0.15) is 0 Å². The van der Waals surface area contributed by atoms with Gasteiger partial charge in [0.05, 0.1) is 22.2 Å². The minimum absolute atomic E-state index is 0.0368. The van der Waals surface area contributed by atoms with Crippen molar-refractivity contribution in [2.45, 2.75) is 37.8 Å². The highest BCUT2D eigenvalue weighted by Crippen LogP contribution is 2.30. The van der Waals surface area contributed by atoms with Crippen molar-refractivity contribution in [3.63, 3.8) is 0 Å². The van der Waals surface area contributed by atoms with Gasteiger partial charge in [0.2, 0.25) is 0 Å². The van der Waals surface area contributed by atoms with Crippen LogP contribution in [0.4, 0.5) is 10.1 Å². The van der Waals surface area contributed by atoms with Crippen molar-refractivity contribution in [2.75, 3.05) is 12.4 Å². The van der Waals surface area contributed by atoms with E-state index >= 15 is 0 Å². The standard InChI is InChI=1S/C13H16Cl2FNO/c1-18-12-5-3-2-4-11(12)17-8-6-9(14)13(16)10(15)7-8/h6-7,11-12,17H,2-5H2,1H3. The van der Waals surface area contributed by atoms with Crippen molar-refractivity contribution < 1.29 is 9.13 Å². The van der Waals surface area contributed by atoms with Crippen LogP contribution in [-0.4, -0.2) is 19.3 Å². The zero-order chi connectivity index (χ0) is 13.1. The molecule has 0 bridgehead atoms. The maximum absolute atomic E-state index is 13.3. The van der Waals surface area contributed by atoms with Crippen LogP contribution < -0.4 is 5.32 Å². The molecule has 18 heavy (non-hydrogen) atoms. The van der Waals surface area contributed by atoms with Crippen molar-refractivity contribution >= 4 is 28.9 Å². The zero-order valence-corrected chi connectivity index (χ0v) is 11.7.